The van der Waals surface area contributed by atoms with Gasteiger partial charge in [-0.25, -0.2) is 0 Å². The standard InChI is InChI=1S/C20H21N/c1-5-18-12-19(9-7-15(18)3)20(13-21)11-17-8-6-14(2)16(4)10-17/h6-12H,5H2,1-4H3/b20-11+. The first-order chi connectivity index (χ1) is 10.0. The second-order valence-corrected chi connectivity index (χ2v) is 5.51. The van der Waals surface area contributed by atoms with E-state index in [2.05, 4.69) is 64.1 Å². The van der Waals surface area contributed by atoms with Crippen LogP contribution in [0, 0.1) is 32.1 Å². The van der Waals surface area contributed by atoms with Crippen LogP contribution in [0.3, 0.4) is 0 Å². The van der Waals surface area contributed by atoms with Crippen LogP contribution in [-0.2, 0) is 6.42 Å². The van der Waals surface area contributed by atoms with Crippen molar-refractivity contribution in [3.63, 3.8) is 0 Å². The normalized spacial score (nSPS) is 11.3. The van der Waals surface area contributed by atoms with Crippen LogP contribution in [0.2, 0.25) is 0 Å². The van der Waals surface area contributed by atoms with Crippen LogP contribution in [0.25, 0.3) is 11.6 Å². The van der Waals surface area contributed by atoms with Gasteiger partial charge in [-0.1, -0.05) is 43.3 Å². The molecule has 0 heterocycles. The highest BCUT2D eigenvalue weighted by Gasteiger charge is 2.04. The summed E-state index contributed by atoms with van der Waals surface area (Å²) in [4.78, 5) is 0. The number of allylic oxidation sites excluding steroid dienone is 1. The molecule has 0 fully saturated rings. The quantitative estimate of drug-likeness (QED) is 0.555. The van der Waals surface area contributed by atoms with Crippen molar-refractivity contribution in [2.75, 3.05) is 0 Å². The predicted molar refractivity (Wildman–Crippen MR) is 90.0 cm³/mol. The summed E-state index contributed by atoms with van der Waals surface area (Å²) < 4.78 is 0. The highest BCUT2D eigenvalue weighted by Crippen LogP contribution is 2.22. The SMILES string of the molecule is CCc1cc(/C(C#N)=C/c2ccc(C)c(C)c2)ccc1C. The number of hydrogen-bond donors (Lipinski definition) is 0. The van der Waals surface area contributed by atoms with Crippen LogP contribution in [-0.4, -0.2) is 0 Å². The molecule has 0 bridgehead atoms. The summed E-state index contributed by atoms with van der Waals surface area (Å²) >= 11 is 0. The first kappa shape index (κ1) is 15.1. The van der Waals surface area contributed by atoms with E-state index >= 15 is 0 Å². The third-order valence-corrected chi connectivity index (χ3v) is 4.00. The monoisotopic (exact) mass is 275 g/mol. The van der Waals surface area contributed by atoms with Crippen molar-refractivity contribution in [2.24, 2.45) is 0 Å². The lowest BCUT2D eigenvalue weighted by Crippen LogP contribution is -1.90. The number of benzene rings is 2. The van der Waals surface area contributed by atoms with Crippen molar-refractivity contribution < 1.29 is 0 Å². The van der Waals surface area contributed by atoms with Gasteiger partial charge in [0.2, 0.25) is 0 Å². The van der Waals surface area contributed by atoms with E-state index in [4.69, 9.17) is 0 Å². The average Bonchev–Trinajstić information content (AvgIpc) is 2.49. The third-order valence-electron chi connectivity index (χ3n) is 4.00. The summed E-state index contributed by atoms with van der Waals surface area (Å²) in [6, 6.07) is 14.9. The van der Waals surface area contributed by atoms with E-state index in [9.17, 15) is 5.26 Å². The van der Waals surface area contributed by atoms with Crippen molar-refractivity contribution >= 4 is 11.6 Å². The van der Waals surface area contributed by atoms with E-state index in [0.717, 1.165) is 17.5 Å². The summed E-state index contributed by atoms with van der Waals surface area (Å²) in [5.41, 5.74) is 7.89. The smallest absolute Gasteiger partial charge is 0.0998 e. The van der Waals surface area contributed by atoms with Gasteiger partial charge >= 0.3 is 0 Å². The average molecular weight is 275 g/mol. The van der Waals surface area contributed by atoms with Gasteiger partial charge in [-0.05, 0) is 66.6 Å². The molecular weight excluding hydrogens is 254 g/mol. The number of hydrogen-bond acceptors (Lipinski definition) is 1. The number of nitriles is 1. The fourth-order valence-electron chi connectivity index (χ4n) is 2.42. The van der Waals surface area contributed by atoms with Gasteiger partial charge in [0.25, 0.3) is 0 Å². The van der Waals surface area contributed by atoms with Gasteiger partial charge in [0.05, 0.1) is 11.6 Å². The summed E-state index contributed by atoms with van der Waals surface area (Å²) in [7, 11) is 0. The molecule has 2 aromatic carbocycles. The minimum atomic E-state index is 0.716. The Kier molecular flexibility index (Phi) is 4.60. The maximum absolute atomic E-state index is 9.48. The number of aryl methyl sites for hydroxylation is 4. The molecule has 1 heteroatoms. The molecule has 0 spiro atoms. The molecule has 0 saturated carbocycles. The largest absolute Gasteiger partial charge is 0.192 e. The molecule has 0 aliphatic heterocycles. The van der Waals surface area contributed by atoms with Gasteiger partial charge in [-0.2, -0.15) is 5.26 Å². The molecule has 0 aliphatic carbocycles. The van der Waals surface area contributed by atoms with Gasteiger partial charge in [0, 0.05) is 0 Å². The lowest BCUT2D eigenvalue weighted by molar-refractivity contribution is 1.11. The maximum Gasteiger partial charge on any atom is 0.0998 e. The molecule has 0 atom stereocenters. The van der Waals surface area contributed by atoms with E-state index in [1.807, 2.05) is 12.1 Å². The summed E-state index contributed by atoms with van der Waals surface area (Å²) in [5, 5.41) is 9.48. The highest BCUT2D eigenvalue weighted by atomic mass is 14.2. The predicted octanol–water partition coefficient (Wildman–Crippen LogP) is 5.24. The first-order valence-electron chi connectivity index (χ1n) is 7.34. The Morgan fingerprint density at radius 3 is 2.33 bits per heavy atom. The minimum absolute atomic E-state index is 0.716. The van der Waals surface area contributed by atoms with Crippen molar-refractivity contribution in [2.45, 2.75) is 34.1 Å². The fourth-order valence-corrected chi connectivity index (χ4v) is 2.42. The minimum Gasteiger partial charge on any atom is -0.192 e. The topological polar surface area (TPSA) is 23.8 Å². The Balaban J connectivity index is 2.46. The van der Waals surface area contributed by atoms with Crippen molar-refractivity contribution in [3.8, 4) is 6.07 Å². The molecular formula is C20H21N. The van der Waals surface area contributed by atoms with E-state index in [1.165, 1.54) is 22.3 Å². The highest BCUT2D eigenvalue weighted by molar-refractivity contribution is 5.89. The summed E-state index contributed by atoms with van der Waals surface area (Å²) in [6.45, 7) is 8.45. The van der Waals surface area contributed by atoms with Crippen LogP contribution < -0.4 is 0 Å². The summed E-state index contributed by atoms with van der Waals surface area (Å²) in [5.74, 6) is 0. The molecule has 0 saturated heterocycles. The molecule has 2 rings (SSSR count). The molecule has 106 valence electrons. The molecule has 0 N–H and O–H groups in total. The molecule has 0 amide bonds. The summed E-state index contributed by atoms with van der Waals surface area (Å²) in [6.07, 6.45) is 2.96. The molecule has 0 aromatic heterocycles. The Hall–Kier alpha value is -2.33. The second-order valence-electron chi connectivity index (χ2n) is 5.51. The first-order valence-corrected chi connectivity index (χ1v) is 7.34. The molecule has 2 aromatic rings. The number of rotatable bonds is 3. The maximum atomic E-state index is 9.48. The van der Waals surface area contributed by atoms with Crippen molar-refractivity contribution in [1.82, 2.24) is 0 Å². The van der Waals surface area contributed by atoms with Gasteiger partial charge in [0.15, 0.2) is 0 Å². The molecule has 0 aliphatic rings. The fraction of sp³-hybridized carbons (Fsp3) is 0.250. The van der Waals surface area contributed by atoms with Crippen LogP contribution in [0.5, 0.6) is 0 Å². The van der Waals surface area contributed by atoms with E-state index in [0.29, 0.717) is 5.57 Å². The van der Waals surface area contributed by atoms with Gasteiger partial charge in [-0.15, -0.1) is 0 Å². The van der Waals surface area contributed by atoms with Gasteiger partial charge in [-0.3, -0.25) is 0 Å². The Bertz CT molecular complexity index is 730. The molecule has 0 unspecified atom stereocenters. The lowest BCUT2D eigenvalue weighted by atomic mass is 9.97. The molecule has 1 nitrogen and oxygen atoms in total. The van der Waals surface area contributed by atoms with Crippen LogP contribution in [0.1, 0.15) is 40.3 Å². The van der Waals surface area contributed by atoms with Crippen LogP contribution >= 0.6 is 0 Å². The van der Waals surface area contributed by atoms with E-state index in [-0.39, 0.29) is 0 Å². The molecule has 21 heavy (non-hydrogen) atoms. The van der Waals surface area contributed by atoms with Gasteiger partial charge in [0.1, 0.15) is 0 Å². The zero-order valence-electron chi connectivity index (χ0n) is 13.2. The third kappa shape index (κ3) is 3.41. The zero-order chi connectivity index (χ0) is 15.4. The zero-order valence-corrected chi connectivity index (χ0v) is 13.2. The van der Waals surface area contributed by atoms with E-state index in [1.54, 1.807) is 0 Å². The Morgan fingerprint density at radius 2 is 1.71 bits per heavy atom. The van der Waals surface area contributed by atoms with Crippen LogP contribution in [0.4, 0.5) is 0 Å². The van der Waals surface area contributed by atoms with E-state index < -0.39 is 0 Å². The number of nitrogens with zero attached hydrogens (tertiary/aromatic N) is 1. The van der Waals surface area contributed by atoms with Crippen LogP contribution in [0.15, 0.2) is 36.4 Å². The van der Waals surface area contributed by atoms with Crippen molar-refractivity contribution in [1.29, 1.82) is 5.26 Å². The van der Waals surface area contributed by atoms with Crippen molar-refractivity contribution in [3.05, 3.63) is 69.8 Å². The van der Waals surface area contributed by atoms with Gasteiger partial charge < -0.3 is 0 Å². The second kappa shape index (κ2) is 6.41. The Morgan fingerprint density at radius 1 is 1.00 bits per heavy atom. The molecule has 0 radical (unpaired) electrons. The lowest BCUT2D eigenvalue weighted by Gasteiger charge is -2.07. The Labute approximate surface area is 127 Å².